The van der Waals surface area contributed by atoms with Crippen molar-refractivity contribution in [2.75, 3.05) is 52.5 Å². The monoisotopic (exact) mass is 241 g/mol. The van der Waals surface area contributed by atoms with E-state index < -0.39 is 0 Å². The highest BCUT2D eigenvalue weighted by atomic mass is 16.5. The van der Waals surface area contributed by atoms with Crippen LogP contribution in [0, 0.1) is 0 Å². The van der Waals surface area contributed by atoms with Crippen LogP contribution in [0.1, 0.15) is 13.3 Å². The van der Waals surface area contributed by atoms with Gasteiger partial charge in [-0.15, -0.1) is 0 Å². The first kappa shape index (κ1) is 12.8. The summed E-state index contributed by atoms with van der Waals surface area (Å²) in [5, 5.41) is 3.35. The van der Waals surface area contributed by atoms with Crippen LogP contribution in [0.5, 0.6) is 0 Å². The van der Waals surface area contributed by atoms with Gasteiger partial charge in [0.05, 0.1) is 25.8 Å². The molecule has 1 amide bonds. The third-order valence-corrected chi connectivity index (χ3v) is 3.48. The van der Waals surface area contributed by atoms with Crippen molar-refractivity contribution in [3.63, 3.8) is 0 Å². The fourth-order valence-corrected chi connectivity index (χ4v) is 2.44. The zero-order valence-corrected chi connectivity index (χ0v) is 10.7. The Balaban J connectivity index is 1.82. The minimum atomic E-state index is 0.223. The predicted molar refractivity (Wildman–Crippen MR) is 65.9 cm³/mol. The molecular weight excluding hydrogens is 218 g/mol. The Morgan fingerprint density at radius 1 is 1.35 bits per heavy atom. The summed E-state index contributed by atoms with van der Waals surface area (Å²) in [5.74, 6) is 0.253. The van der Waals surface area contributed by atoms with E-state index in [9.17, 15) is 4.79 Å². The van der Waals surface area contributed by atoms with Crippen LogP contribution in [-0.2, 0) is 9.53 Å². The molecule has 5 nitrogen and oxygen atoms in total. The molecule has 0 aromatic rings. The summed E-state index contributed by atoms with van der Waals surface area (Å²) in [6.07, 6.45) is 1.13. The molecule has 1 atom stereocenters. The molecule has 2 fully saturated rings. The summed E-state index contributed by atoms with van der Waals surface area (Å²) >= 11 is 0. The van der Waals surface area contributed by atoms with Crippen molar-refractivity contribution in [2.24, 2.45) is 0 Å². The number of carbonyl (C=O) groups excluding carboxylic acids is 1. The van der Waals surface area contributed by atoms with Gasteiger partial charge in [-0.05, 0) is 26.4 Å². The molecule has 5 heteroatoms. The molecule has 0 aromatic heterocycles. The van der Waals surface area contributed by atoms with Crippen LogP contribution >= 0.6 is 0 Å². The van der Waals surface area contributed by atoms with E-state index >= 15 is 0 Å². The van der Waals surface area contributed by atoms with Gasteiger partial charge in [0.15, 0.2) is 0 Å². The first-order chi connectivity index (χ1) is 8.27. The molecule has 17 heavy (non-hydrogen) atoms. The number of morpholine rings is 1. The summed E-state index contributed by atoms with van der Waals surface area (Å²) < 4.78 is 5.35. The summed E-state index contributed by atoms with van der Waals surface area (Å²) in [5.41, 5.74) is 0. The molecule has 1 unspecified atom stereocenters. The highest BCUT2D eigenvalue weighted by Crippen LogP contribution is 2.07. The average molecular weight is 241 g/mol. The van der Waals surface area contributed by atoms with Gasteiger partial charge in [0.25, 0.3) is 0 Å². The summed E-state index contributed by atoms with van der Waals surface area (Å²) in [7, 11) is 0. The summed E-state index contributed by atoms with van der Waals surface area (Å²) in [4.78, 5) is 16.4. The van der Waals surface area contributed by atoms with E-state index in [2.05, 4.69) is 17.1 Å². The van der Waals surface area contributed by atoms with Gasteiger partial charge in [0.1, 0.15) is 0 Å². The third kappa shape index (κ3) is 3.66. The van der Waals surface area contributed by atoms with Crippen LogP contribution in [0.4, 0.5) is 0 Å². The minimum absolute atomic E-state index is 0.223. The second kappa shape index (κ2) is 6.33. The maximum Gasteiger partial charge on any atom is 0.237 e. The number of carbonyl (C=O) groups is 1. The largest absolute Gasteiger partial charge is 0.377 e. The molecule has 0 saturated carbocycles. The number of hydrogen-bond donors (Lipinski definition) is 1. The Kier molecular flexibility index (Phi) is 4.76. The Bertz CT molecular complexity index is 252. The normalized spacial score (nSPS) is 27.8. The molecule has 2 saturated heterocycles. The standard InChI is InChI=1S/C12H23N3O2/c1-11-10-17-8-7-15(11)12(16)9-14-5-2-3-13-4-6-14/h11,13H,2-10H2,1H3. The highest BCUT2D eigenvalue weighted by Gasteiger charge is 2.25. The third-order valence-electron chi connectivity index (χ3n) is 3.48. The molecule has 98 valence electrons. The Morgan fingerprint density at radius 3 is 3.06 bits per heavy atom. The van der Waals surface area contributed by atoms with Crippen LogP contribution in [0.15, 0.2) is 0 Å². The highest BCUT2D eigenvalue weighted by molar-refractivity contribution is 5.78. The molecule has 2 heterocycles. The number of ether oxygens (including phenoxy) is 1. The lowest BCUT2D eigenvalue weighted by molar-refractivity contribution is -0.140. The quantitative estimate of drug-likeness (QED) is 0.710. The van der Waals surface area contributed by atoms with Gasteiger partial charge < -0.3 is 15.0 Å². The van der Waals surface area contributed by atoms with Crippen LogP contribution in [0.3, 0.4) is 0 Å². The molecule has 2 aliphatic rings. The van der Waals surface area contributed by atoms with Gasteiger partial charge in [-0.1, -0.05) is 0 Å². The predicted octanol–water partition coefficient (Wildman–Crippen LogP) is -0.471. The maximum absolute atomic E-state index is 12.2. The first-order valence-corrected chi connectivity index (χ1v) is 6.57. The summed E-state index contributed by atoms with van der Waals surface area (Å²) in [6, 6.07) is 0.223. The van der Waals surface area contributed by atoms with E-state index in [4.69, 9.17) is 4.74 Å². The van der Waals surface area contributed by atoms with E-state index in [-0.39, 0.29) is 11.9 Å². The zero-order chi connectivity index (χ0) is 12.1. The van der Waals surface area contributed by atoms with Crippen molar-refractivity contribution in [1.29, 1.82) is 0 Å². The second-order valence-corrected chi connectivity index (χ2v) is 4.89. The minimum Gasteiger partial charge on any atom is -0.377 e. The number of amides is 1. The van der Waals surface area contributed by atoms with E-state index in [1.807, 2.05) is 4.90 Å². The van der Waals surface area contributed by atoms with Crippen molar-refractivity contribution in [2.45, 2.75) is 19.4 Å². The number of rotatable bonds is 2. The van der Waals surface area contributed by atoms with Gasteiger partial charge in [-0.2, -0.15) is 0 Å². The SMILES string of the molecule is CC1COCCN1C(=O)CN1CCCNCC1. The van der Waals surface area contributed by atoms with E-state index in [0.717, 1.165) is 39.1 Å². The molecule has 0 spiro atoms. The van der Waals surface area contributed by atoms with Crippen molar-refractivity contribution in [3.8, 4) is 0 Å². The molecule has 2 aliphatic heterocycles. The van der Waals surface area contributed by atoms with Crippen molar-refractivity contribution < 1.29 is 9.53 Å². The van der Waals surface area contributed by atoms with Gasteiger partial charge in [0.2, 0.25) is 5.91 Å². The van der Waals surface area contributed by atoms with E-state index in [1.54, 1.807) is 0 Å². The molecule has 0 aliphatic carbocycles. The number of hydrogen-bond acceptors (Lipinski definition) is 4. The first-order valence-electron chi connectivity index (χ1n) is 6.57. The van der Waals surface area contributed by atoms with Gasteiger partial charge >= 0.3 is 0 Å². The fraction of sp³-hybridized carbons (Fsp3) is 0.917. The average Bonchev–Trinajstić information content (AvgIpc) is 2.58. The van der Waals surface area contributed by atoms with Crippen molar-refractivity contribution >= 4 is 5.91 Å². The molecule has 2 rings (SSSR count). The lowest BCUT2D eigenvalue weighted by Gasteiger charge is -2.34. The van der Waals surface area contributed by atoms with Crippen LogP contribution in [0.25, 0.3) is 0 Å². The molecule has 0 radical (unpaired) electrons. The van der Waals surface area contributed by atoms with Crippen LogP contribution in [0.2, 0.25) is 0 Å². The van der Waals surface area contributed by atoms with E-state index in [0.29, 0.717) is 19.8 Å². The fourth-order valence-electron chi connectivity index (χ4n) is 2.44. The van der Waals surface area contributed by atoms with Crippen LogP contribution < -0.4 is 5.32 Å². The second-order valence-electron chi connectivity index (χ2n) is 4.89. The Labute approximate surface area is 103 Å². The maximum atomic E-state index is 12.2. The van der Waals surface area contributed by atoms with E-state index in [1.165, 1.54) is 0 Å². The van der Waals surface area contributed by atoms with Crippen LogP contribution in [-0.4, -0.2) is 74.2 Å². The molecule has 0 bridgehead atoms. The number of nitrogens with zero attached hydrogens (tertiary/aromatic N) is 2. The van der Waals surface area contributed by atoms with Gasteiger partial charge in [-0.25, -0.2) is 0 Å². The zero-order valence-electron chi connectivity index (χ0n) is 10.7. The molecule has 0 aromatic carbocycles. The smallest absolute Gasteiger partial charge is 0.237 e. The van der Waals surface area contributed by atoms with Crippen molar-refractivity contribution in [3.05, 3.63) is 0 Å². The molecular formula is C12H23N3O2. The topological polar surface area (TPSA) is 44.8 Å². The molecule has 1 N–H and O–H groups in total. The van der Waals surface area contributed by atoms with Crippen molar-refractivity contribution in [1.82, 2.24) is 15.1 Å². The lowest BCUT2D eigenvalue weighted by atomic mass is 10.2. The number of nitrogens with one attached hydrogen (secondary N) is 1. The lowest BCUT2D eigenvalue weighted by Crippen LogP contribution is -2.50. The van der Waals surface area contributed by atoms with Gasteiger partial charge in [-0.3, -0.25) is 9.69 Å². The Hall–Kier alpha value is -0.650. The van der Waals surface area contributed by atoms with Gasteiger partial charge in [0, 0.05) is 19.6 Å². The summed E-state index contributed by atoms with van der Waals surface area (Å²) in [6.45, 7) is 8.77. The Morgan fingerprint density at radius 2 is 2.24 bits per heavy atom.